The minimum Gasteiger partial charge on any atom is -0.507 e. The van der Waals surface area contributed by atoms with E-state index in [2.05, 4.69) is 40.0 Å². The second-order valence-corrected chi connectivity index (χ2v) is 22.1. The number of sulfonamides is 2. The number of hydrogen-bond acceptors (Lipinski definition) is 16. The minimum atomic E-state index is -4.10. The Morgan fingerprint density at radius 1 is 0.473 bits per heavy atom. The molecule has 2 aliphatic rings. The summed E-state index contributed by atoms with van der Waals surface area (Å²) in [6, 6.07) is 18.0. The van der Waals surface area contributed by atoms with Gasteiger partial charge in [0.2, 0.25) is 23.5 Å². The van der Waals surface area contributed by atoms with Gasteiger partial charge >= 0.3 is 0 Å². The highest BCUT2D eigenvalue weighted by molar-refractivity contribution is 7.93. The molecule has 8 N–H and O–H groups in total. The number of phenols is 2. The molecular weight excluding hydrogens is 985 g/mol. The average Bonchev–Trinajstić information content (AvgIpc) is 3.29. The number of rotatable bonds is 13. The van der Waals surface area contributed by atoms with Crippen LogP contribution in [0.15, 0.2) is 107 Å². The van der Waals surface area contributed by atoms with Crippen LogP contribution in [0.5, 0.6) is 11.5 Å². The van der Waals surface area contributed by atoms with E-state index in [9.17, 15) is 46.9 Å². The summed E-state index contributed by atoms with van der Waals surface area (Å²) in [5, 5.41) is 54.1. The van der Waals surface area contributed by atoms with Gasteiger partial charge in [-0.3, -0.25) is 9.59 Å². The molecule has 6 aromatic rings. The van der Waals surface area contributed by atoms with Crippen molar-refractivity contribution in [3.63, 3.8) is 0 Å². The first-order valence-corrected chi connectivity index (χ1v) is 26.3. The Morgan fingerprint density at radius 2 is 0.784 bits per heavy atom. The van der Waals surface area contributed by atoms with Gasteiger partial charge in [-0.05, 0) is 136 Å². The number of ketones is 2. The largest absolute Gasteiger partial charge is 0.507 e. The van der Waals surface area contributed by atoms with Gasteiger partial charge in [-0.25, -0.2) is 46.2 Å². The van der Waals surface area contributed by atoms with Crippen molar-refractivity contribution < 1.29 is 46.9 Å². The number of carbonyl (C=O) groups excluding carboxylic acids is 2. The number of aliphatic hydroxyl groups is 2. The fourth-order valence-electron chi connectivity index (χ4n) is 9.30. The summed E-state index contributed by atoms with van der Waals surface area (Å²) < 4.78 is 57.8. The van der Waals surface area contributed by atoms with Crippen molar-refractivity contribution in [2.75, 3.05) is 20.1 Å². The second-order valence-electron chi connectivity index (χ2n) is 18.8. The molecule has 0 atom stereocenters. The number of anilines is 4. The maximum absolute atomic E-state index is 14.2. The molecule has 2 aliphatic carbocycles. The predicted molar refractivity (Wildman–Crippen MR) is 284 cm³/mol. The van der Waals surface area contributed by atoms with E-state index in [-0.39, 0.29) is 66.2 Å². The van der Waals surface area contributed by atoms with E-state index in [1.807, 2.05) is 0 Å². The van der Waals surface area contributed by atoms with Crippen molar-refractivity contribution in [2.45, 2.75) is 79.0 Å². The summed E-state index contributed by atoms with van der Waals surface area (Å²) >= 11 is 0. The van der Waals surface area contributed by atoms with Crippen LogP contribution in [0.25, 0.3) is 33.4 Å². The van der Waals surface area contributed by atoms with Crippen LogP contribution in [0.2, 0.25) is 0 Å². The molecule has 0 aliphatic heterocycles. The maximum atomic E-state index is 14.2. The number of fused-ring (bicyclic) bond motifs is 2. The Labute approximate surface area is 428 Å². The lowest BCUT2D eigenvalue weighted by Crippen LogP contribution is -2.20. The van der Waals surface area contributed by atoms with Crippen LogP contribution in [0, 0.1) is 53.4 Å². The first kappa shape index (κ1) is 52.0. The van der Waals surface area contributed by atoms with E-state index in [0.717, 1.165) is 0 Å². The highest BCUT2D eigenvalue weighted by atomic mass is 32.2. The molecule has 2 heterocycles. The molecule has 0 spiro atoms. The summed E-state index contributed by atoms with van der Waals surface area (Å²) in [5.74, 6) is -4.51. The van der Waals surface area contributed by atoms with Gasteiger partial charge in [-0.2, -0.15) is 0 Å². The van der Waals surface area contributed by atoms with Gasteiger partial charge in [0.1, 0.15) is 11.5 Å². The van der Waals surface area contributed by atoms with Crippen LogP contribution >= 0.6 is 0 Å². The Kier molecular flexibility index (Phi) is 13.8. The first-order valence-electron chi connectivity index (χ1n) is 23.3. The molecule has 0 radical (unpaired) electrons. The Balaban J connectivity index is 1.19. The van der Waals surface area contributed by atoms with Crippen molar-refractivity contribution >= 4 is 77.2 Å². The quantitative estimate of drug-likeness (QED) is 0.0500. The third-order valence-corrected chi connectivity index (χ3v) is 15.1. The number of nitrogens with zero attached hydrogens (tertiary/aromatic N) is 4. The number of carbonyl (C=O) groups is 2. The number of Topliss-reactive ketones (excluding diaryl/α,β-unsaturated/α-hetero) is 2. The van der Waals surface area contributed by atoms with Crippen LogP contribution in [0.4, 0.5) is 23.3 Å². The van der Waals surface area contributed by atoms with Crippen molar-refractivity contribution in [1.29, 1.82) is 0 Å². The lowest BCUT2D eigenvalue weighted by Gasteiger charge is -2.29. The normalized spacial score (nSPS) is 15.0. The van der Waals surface area contributed by atoms with E-state index in [1.165, 1.54) is 60.9 Å². The number of nitrogens with one attached hydrogen (secondary N) is 4. The van der Waals surface area contributed by atoms with E-state index in [1.54, 1.807) is 93.5 Å². The topological polar surface area (TPSA) is 283 Å². The maximum Gasteiger partial charge on any atom is 0.264 e. The molecule has 0 bridgehead atoms. The molecule has 0 amide bonds. The number of aliphatic hydroxyl groups excluding tert-OH is 2. The highest BCUT2D eigenvalue weighted by Gasteiger charge is 2.39. The van der Waals surface area contributed by atoms with Gasteiger partial charge in [-0.15, -0.1) is 0 Å². The zero-order chi connectivity index (χ0) is 53.9. The fraction of sp³-hybridized carbons (Fsp3) is 0.222. The molecule has 382 valence electrons. The molecule has 2 aromatic heterocycles. The van der Waals surface area contributed by atoms with Crippen molar-refractivity contribution in [1.82, 2.24) is 19.9 Å². The molecule has 0 fully saturated rings. The molecule has 0 saturated carbocycles. The van der Waals surface area contributed by atoms with Crippen LogP contribution in [0.1, 0.15) is 83.9 Å². The summed E-state index contributed by atoms with van der Waals surface area (Å²) in [6.45, 7) is 17.4. The predicted octanol–water partition coefficient (Wildman–Crippen LogP) is 9.72. The summed E-state index contributed by atoms with van der Waals surface area (Å²) in [4.78, 5) is 44.8. The number of aryl methyl sites for hydroxylation is 6. The molecule has 20 heteroatoms. The van der Waals surface area contributed by atoms with E-state index >= 15 is 0 Å². The van der Waals surface area contributed by atoms with Gasteiger partial charge in [0, 0.05) is 80.0 Å². The molecule has 18 nitrogen and oxygen atoms in total. The second kappa shape index (κ2) is 19.6. The number of hydrogen-bond donors (Lipinski definition) is 8. The van der Waals surface area contributed by atoms with Crippen molar-refractivity contribution in [3.8, 4) is 22.6 Å². The lowest BCUT2D eigenvalue weighted by molar-refractivity contribution is -0.113. The molecule has 0 saturated heterocycles. The smallest absolute Gasteiger partial charge is 0.264 e. The average molecular weight is 1040 g/mol. The molecule has 0 unspecified atom stereocenters. The van der Waals surface area contributed by atoms with Crippen LogP contribution in [-0.2, 0) is 29.6 Å². The molecular formula is C54H54N8O10S2. The SMILES string of the molecule is Cc1cc(C)nc(NS(=O)(=O)c2ccc(N/C=C3\C(=O)C(O)=C(C(C)C)c4cc(C)c(-c5c(C)cc6c(c5O)/C(=C/Nc5ccc(S(=O)(=O)Nc7nc(C)cc(C)n7)cc5)C(=O)C(O)=C6C(C)C)c(O)c43)cc2)n1. The van der Waals surface area contributed by atoms with Gasteiger partial charge in [-0.1, -0.05) is 39.8 Å². The van der Waals surface area contributed by atoms with Crippen molar-refractivity contribution in [2.24, 2.45) is 11.8 Å². The van der Waals surface area contributed by atoms with Gasteiger partial charge < -0.3 is 31.1 Å². The standard InChI is InChI=1S/C54H54N8O10S2/c1-25(2)41-37-19-27(5)43(49(65)45(37)39(47(63)51(41)67)23-55-33-11-15-35(16-12-33)73(69,70)61-53-57-29(7)21-30(8)58-53)44-28(6)20-38-42(26(3)4)52(68)48(64)40(46(38)50(44)66)24-56-34-13-17-36(18-14-34)74(71,72)62-54-59-31(9)22-32(10)60-54/h11-26,55-56,65-68H,1-10H3,(H,57,58,61)(H,59,60,62)/b39-23-,40-24-. The number of aromatic hydroxyl groups is 2. The van der Waals surface area contributed by atoms with Crippen LogP contribution in [-0.4, -0.2) is 68.8 Å². The summed E-state index contributed by atoms with van der Waals surface area (Å²) in [6.07, 6.45) is 2.59. The summed E-state index contributed by atoms with van der Waals surface area (Å²) in [5.41, 5.74) is 5.12. The zero-order valence-electron chi connectivity index (χ0n) is 42.1. The van der Waals surface area contributed by atoms with Gasteiger partial charge in [0.15, 0.2) is 11.5 Å². The van der Waals surface area contributed by atoms with Crippen molar-refractivity contribution in [3.05, 3.63) is 153 Å². The van der Waals surface area contributed by atoms with Gasteiger partial charge in [0.25, 0.3) is 20.0 Å². The van der Waals surface area contributed by atoms with E-state index < -0.39 is 66.5 Å². The number of benzene rings is 4. The fourth-order valence-corrected chi connectivity index (χ4v) is 11.2. The summed E-state index contributed by atoms with van der Waals surface area (Å²) in [7, 11) is -8.20. The molecule has 74 heavy (non-hydrogen) atoms. The Hall–Kier alpha value is -8.36. The Bertz CT molecular complexity index is 3450. The monoisotopic (exact) mass is 1040 g/mol. The minimum absolute atomic E-state index is 0.0362. The van der Waals surface area contributed by atoms with Gasteiger partial charge in [0.05, 0.1) is 20.9 Å². The number of allylic oxidation sites excluding steroid dienone is 4. The van der Waals surface area contributed by atoms with E-state index in [4.69, 9.17) is 0 Å². The highest BCUT2D eigenvalue weighted by Crippen LogP contribution is 2.54. The van der Waals surface area contributed by atoms with Crippen LogP contribution < -0.4 is 20.1 Å². The van der Waals surface area contributed by atoms with Crippen LogP contribution in [0.3, 0.4) is 0 Å². The number of phenolic OH excluding ortho intramolecular Hbond substituents is 2. The lowest BCUT2D eigenvalue weighted by atomic mass is 9.75. The molecule has 8 rings (SSSR count). The first-order chi connectivity index (χ1) is 34.8. The molecule has 4 aromatic carbocycles. The number of aromatic nitrogens is 4. The third kappa shape index (κ3) is 9.80. The Morgan fingerprint density at radius 3 is 1.08 bits per heavy atom. The van der Waals surface area contributed by atoms with E-state index in [0.29, 0.717) is 56.4 Å². The zero-order valence-corrected chi connectivity index (χ0v) is 43.7. The third-order valence-electron chi connectivity index (χ3n) is 12.5.